The number of pyridine rings is 1. The molecule has 1 aliphatic rings. The topological polar surface area (TPSA) is 72.8 Å². The number of aromatic nitrogens is 1. The molecule has 1 amide bonds. The summed E-state index contributed by atoms with van der Waals surface area (Å²) in [7, 11) is 0. The average Bonchev–Trinajstić information content (AvgIpc) is 2.41. The Bertz CT molecular complexity index is 443. The maximum absolute atomic E-state index is 11.5. The van der Waals surface area contributed by atoms with Crippen molar-refractivity contribution in [2.45, 2.75) is 0 Å². The standard InChI is InChI=1S/C11H11N3O3/c15-11(9-2-1-3-12-6-9)14-13-7-10-8-16-4-5-17-10/h1-3,6-8H,4-5H2,(H,14,15)/b13-7-. The van der Waals surface area contributed by atoms with Crippen LogP contribution in [0.25, 0.3) is 0 Å². The highest BCUT2D eigenvalue weighted by molar-refractivity contribution is 5.94. The van der Waals surface area contributed by atoms with Gasteiger partial charge in [-0.05, 0) is 12.1 Å². The second-order valence-electron chi connectivity index (χ2n) is 3.18. The summed E-state index contributed by atoms with van der Waals surface area (Å²) in [5, 5.41) is 3.75. The highest BCUT2D eigenvalue weighted by atomic mass is 16.6. The highest BCUT2D eigenvalue weighted by Crippen LogP contribution is 2.00. The smallest absolute Gasteiger partial charge is 0.272 e. The fourth-order valence-corrected chi connectivity index (χ4v) is 1.17. The largest absolute Gasteiger partial charge is 0.494 e. The lowest BCUT2D eigenvalue weighted by atomic mass is 10.3. The van der Waals surface area contributed by atoms with Gasteiger partial charge in [0.15, 0.2) is 5.76 Å². The van der Waals surface area contributed by atoms with Crippen LogP contribution in [0.15, 0.2) is 41.6 Å². The molecular formula is C11H11N3O3. The van der Waals surface area contributed by atoms with E-state index in [1.807, 2.05) is 0 Å². The molecule has 6 heteroatoms. The van der Waals surface area contributed by atoms with Gasteiger partial charge in [0.25, 0.3) is 5.91 Å². The number of carbonyl (C=O) groups is 1. The van der Waals surface area contributed by atoms with Crippen molar-refractivity contribution in [1.82, 2.24) is 10.4 Å². The molecule has 0 saturated heterocycles. The molecule has 0 aliphatic carbocycles. The van der Waals surface area contributed by atoms with E-state index < -0.39 is 0 Å². The van der Waals surface area contributed by atoms with Crippen LogP contribution >= 0.6 is 0 Å². The van der Waals surface area contributed by atoms with Gasteiger partial charge in [-0.1, -0.05) is 0 Å². The molecule has 0 bridgehead atoms. The SMILES string of the molecule is O=C(N/N=C\C1=COCCO1)c1cccnc1. The van der Waals surface area contributed by atoms with E-state index in [4.69, 9.17) is 9.47 Å². The third-order valence-electron chi connectivity index (χ3n) is 1.95. The predicted octanol–water partition coefficient (Wildman–Crippen LogP) is 0.685. The Morgan fingerprint density at radius 1 is 1.53 bits per heavy atom. The monoisotopic (exact) mass is 233 g/mol. The Morgan fingerprint density at radius 2 is 2.47 bits per heavy atom. The number of nitrogens with zero attached hydrogens (tertiary/aromatic N) is 2. The normalized spacial score (nSPS) is 14.7. The van der Waals surface area contributed by atoms with Crippen LogP contribution < -0.4 is 5.43 Å². The van der Waals surface area contributed by atoms with Crippen LogP contribution in [-0.2, 0) is 9.47 Å². The van der Waals surface area contributed by atoms with E-state index in [1.54, 1.807) is 18.3 Å². The zero-order valence-electron chi connectivity index (χ0n) is 9.00. The summed E-state index contributed by atoms with van der Waals surface area (Å²) in [6.07, 6.45) is 5.89. The third kappa shape index (κ3) is 3.30. The van der Waals surface area contributed by atoms with E-state index in [1.165, 1.54) is 18.7 Å². The number of amides is 1. The number of hydrazone groups is 1. The molecule has 0 spiro atoms. The van der Waals surface area contributed by atoms with Gasteiger partial charge in [-0.15, -0.1) is 0 Å². The van der Waals surface area contributed by atoms with Gasteiger partial charge in [0.05, 0.1) is 11.8 Å². The number of rotatable bonds is 3. The third-order valence-corrected chi connectivity index (χ3v) is 1.95. The summed E-state index contributed by atoms with van der Waals surface area (Å²) in [5.41, 5.74) is 2.80. The molecule has 0 radical (unpaired) electrons. The summed E-state index contributed by atoms with van der Waals surface area (Å²) >= 11 is 0. The van der Waals surface area contributed by atoms with Gasteiger partial charge in [-0.25, -0.2) is 5.43 Å². The van der Waals surface area contributed by atoms with Crippen molar-refractivity contribution >= 4 is 12.1 Å². The molecule has 0 saturated carbocycles. The number of carbonyl (C=O) groups excluding carboxylic acids is 1. The highest BCUT2D eigenvalue weighted by Gasteiger charge is 2.04. The Labute approximate surface area is 97.9 Å². The summed E-state index contributed by atoms with van der Waals surface area (Å²) in [6, 6.07) is 3.33. The van der Waals surface area contributed by atoms with Crippen LogP contribution in [0.3, 0.4) is 0 Å². The molecule has 2 rings (SSSR count). The predicted molar refractivity (Wildman–Crippen MR) is 60.2 cm³/mol. The molecule has 1 aliphatic heterocycles. The summed E-state index contributed by atoms with van der Waals surface area (Å²) in [4.78, 5) is 15.4. The van der Waals surface area contributed by atoms with Crippen molar-refractivity contribution in [3.05, 3.63) is 42.1 Å². The molecule has 0 atom stereocenters. The molecular weight excluding hydrogens is 222 g/mol. The molecule has 1 aromatic rings. The van der Waals surface area contributed by atoms with Crippen molar-refractivity contribution in [2.24, 2.45) is 5.10 Å². The minimum Gasteiger partial charge on any atom is -0.494 e. The van der Waals surface area contributed by atoms with Crippen LogP contribution in [-0.4, -0.2) is 30.3 Å². The Morgan fingerprint density at radius 3 is 3.18 bits per heavy atom. The second kappa shape index (κ2) is 5.64. The summed E-state index contributed by atoms with van der Waals surface area (Å²) in [6.45, 7) is 1.01. The lowest BCUT2D eigenvalue weighted by Crippen LogP contribution is -2.18. The van der Waals surface area contributed by atoms with Gasteiger partial charge in [-0.3, -0.25) is 9.78 Å². The van der Waals surface area contributed by atoms with Gasteiger partial charge in [-0.2, -0.15) is 5.10 Å². The van der Waals surface area contributed by atoms with Crippen LogP contribution in [0.1, 0.15) is 10.4 Å². The van der Waals surface area contributed by atoms with Crippen molar-refractivity contribution in [1.29, 1.82) is 0 Å². The number of hydrogen-bond donors (Lipinski definition) is 1. The molecule has 1 N–H and O–H groups in total. The second-order valence-corrected chi connectivity index (χ2v) is 3.18. The summed E-state index contributed by atoms with van der Waals surface area (Å²) in [5.74, 6) is 0.148. The quantitative estimate of drug-likeness (QED) is 0.615. The molecule has 17 heavy (non-hydrogen) atoms. The Balaban J connectivity index is 1.88. The first-order chi connectivity index (χ1) is 8.36. The van der Waals surface area contributed by atoms with E-state index in [-0.39, 0.29) is 5.91 Å². The Kier molecular flexibility index (Phi) is 3.69. The molecule has 0 unspecified atom stereocenters. The van der Waals surface area contributed by atoms with Crippen LogP contribution in [0.4, 0.5) is 0 Å². The molecule has 1 aromatic heterocycles. The van der Waals surface area contributed by atoms with Crippen molar-refractivity contribution in [3.8, 4) is 0 Å². The lowest BCUT2D eigenvalue weighted by Gasteiger charge is -2.11. The van der Waals surface area contributed by atoms with Gasteiger partial charge in [0.2, 0.25) is 0 Å². The van der Waals surface area contributed by atoms with Gasteiger partial charge >= 0.3 is 0 Å². The van der Waals surface area contributed by atoms with Crippen molar-refractivity contribution in [2.75, 3.05) is 13.2 Å². The molecule has 0 aromatic carbocycles. The minimum atomic E-state index is -0.327. The number of ether oxygens (including phenoxy) is 2. The molecule has 88 valence electrons. The van der Waals surface area contributed by atoms with Crippen molar-refractivity contribution < 1.29 is 14.3 Å². The molecule has 6 nitrogen and oxygen atoms in total. The van der Waals surface area contributed by atoms with E-state index in [9.17, 15) is 4.79 Å². The minimum absolute atomic E-state index is 0.327. The first kappa shape index (κ1) is 11.1. The fraction of sp³-hybridized carbons (Fsp3) is 0.182. The molecule has 2 heterocycles. The van der Waals surface area contributed by atoms with E-state index in [0.29, 0.717) is 24.5 Å². The van der Waals surface area contributed by atoms with Crippen LogP contribution in [0, 0.1) is 0 Å². The van der Waals surface area contributed by atoms with Gasteiger partial charge in [0, 0.05) is 12.4 Å². The maximum Gasteiger partial charge on any atom is 0.272 e. The number of hydrogen-bond acceptors (Lipinski definition) is 5. The fourth-order valence-electron chi connectivity index (χ4n) is 1.17. The maximum atomic E-state index is 11.5. The first-order valence-corrected chi connectivity index (χ1v) is 5.04. The zero-order chi connectivity index (χ0) is 11.9. The number of nitrogens with one attached hydrogen (secondary N) is 1. The van der Waals surface area contributed by atoms with Crippen LogP contribution in [0.2, 0.25) is 0 Å². The van der Waals surface area contributed by atoms with E-state index >= 15 is 0 Å². The average molecular weight is 233 g/mol. The van der Waals surface area contributed by atoms with E-state index in [0.717, 1.165) is 0 Å². The van der Waals surface area contributed by atoms with Crippen molar-refractivity contribution in [3.63, 3.8) is 0 Å². The Hall–Kier alpha value is -2.37. The molecule has 0 fully saturated rings. The van der Waals surface area contributed by atoms with Gasteiger partial charge in [0.1, 0.15) is 19.5 Å². The number of allylic oxidation sites excluding steroid dienone is 1. The lowest BCUT2D eigenvalue weighted by molar-refractivity contribution is 0.0945. The zero-order valence-corrected chi connectivity index (χ0v) is 9.00. The summed E-state index contributed by atoms with van der Waals surface area (Å²) < 4.78 is 10.2. The van der Waals surface area contributed by atoms with Gasteiger partial charge < -0.3 is 9.47 Å². The van der Waals surface area contributed by atoms with E-state index in [2.05, 4.69) is 15.5 Å². The first-order valence-electron chi connectivity index (χ1n) is 5.04. The van der Waals surface area contributed by atoms with Crippen LogP contribution in [0.5, 0.6) is 0 Å².